The third-order valence-electron chi connectivity index (χ3n) is 4.47. The Morgan fingerprint density at radius 2 is 2.10 bits per heavy atom. The molecule has 0 unspecified atom stereocenters. The number of nitrogens with zero attached hydrogens (tertiary/aromatic N) is 4. The molecule has 0 aromatic heterocycles. The van der Waals surface area contributed by atoms with Gasteiger partial charge in [0.2, 0.25) is 0 Å². The Hall–Kier alpha value is -2.92. The molecule has 9 nitrogen and oxygen atoms in total. The van der Waals surface area contributed by atoms with Gasteiger partial charge in [0.25, 0.3) is 11.6 Å². The summed E-state index contributed by atoms with van der Waals surface area (Å²) in [5.74, 6) is 0.0872. The predicted octanol–water partition coefficient (Wildman–Crippen LogP) is 1.87. The summed E-state index contributed by atoms with van der Waals surface area (Å²) in [5, 5.41) is 21.7. The third-order valence-corrected chi connectivity index (χ3v) is 5.53. The molecule has 29 heavy (non-hydrogen) atoms. The number of rotatable bonds is 3. The highest BCUT2D eigenvalue weighted by Gasteiger charge is 2.36. The van der Waals surface area contributed by atoms with Crippen molar-refractivity contribution in [1.82, 2.24) is 10.3 Å². The molecule has 0 fully saturated rings. The monoisotopic (exact) mass is 475 g/mol. The van der Waals surface area contributed by atoms with Crippen molar-refractivity contribution in [3.05, 3.63) is 67.1 Å². The highest BCUT2D eigenvalue weighted by Crippen LogP contribution is 2.37. The van der Waals surface area contributed by atoms with Crippen LogP contribution in [0.5, 0.6) is 5.75 Å². The Balaban J connectivity index is 2.03. The van der Waals surface area contributed by atoms with Crippen molar-refractivity contribution in [2.75, 3.05) is 13.4 Å². The van der Waals surface area contributed by atoms with Crippen molar-refractivity contribution in [2.24, 2.45) is 10.1 Å². The van der Waals surface area contributed by atoms with E-state index in [1.807, 2.05) is 6.07 Å². The Morgan fingerprint density at radius 3 is 2.79 bits per heavy atom. The van der Waals surface area contributed by atoms with Crippen molar-refractivity contribution in [3.8, 4) is 5.75 Å². The number of benzene rings is 2. The molecule has 2 aromatic carbocycles. The number of non-ortho nitro benzene ring substituents is 1. The van der Waals surface area contributed by atoms with Gasteiger partial charge >= 0.3 is 0 Å². The van der Waals surface area contributed by atoms with Crippen molar-refractivity contribution < 1.29 is 14.5 Å². The second kappa shape index (κ2) is 7.48. The largest absolute Gasteiger partial charge is 0.496 e. The molecule has 1 atom stereocenters. The molecule has 2 aliphatic rings. The molecule has 1 amide bonds. The number of amidine groups is 1. The second-order valence-corrected chi connectivity index (χ2v) is 7.81. The van der Waals surface area contributed by atoms with Gasteiger partial charge in [-0.25, -0.2) is 5.01 Å². The molecule has 0 radical (unpaired) electrons. The van der Waals surface area contributed by atoms with E-state index in [4.69, 9.17) is 9.73 Å². The molecule has 0 spiro atoms. The molecule has 148 valence electrons. The molecule has 2 aromatic rings. The fraction of sp³-hybridized carbons (Fsp3) is 0.167. The zero-order valence-corrected chi connectivity index (χ0v) is 17.7. The minimum atomic E-state index is -0.804. The Bertz CT molecular complexity index is 1200. The molecule has 0 bridgehead atoms. The zero-order valence-electron chi connectivity index (χ0n) is 15.2. The number of thioether (sulfide) groups is 1. The van der Waals surface area contributed by atoms with E-state index in [1.54, 1.807) is 18.4 Å². The van der Waals surface area contributed by atoms with Crippen molar-refractivity contribution >= 4 is 50.2 Å². The number of nitro benzene ring substituents is 1. The molecular weight excluding hydrogens is 462 g/mol. The molecule has 1 N–H and O–H groups in total. The van der Waals surface area contributed by atoms with Gasteiger partial charge in [0, 0.05) is 27.4 Å². The number of carbonyl (C=O) groups excluding carboxylic acids is 1. The topological polar surface area (TPSA) is 109 Å². The molecule has 11 heteroatoms. The third kappa shape index (κ3) is 3.36. The summed E-state index contributed by atoms with van der Waals surface area (Å²) in [5.41, 5.74) is 0.647. The van der Waals surface area contributed by atoms with Crippen LogP contribution < -0.4 is 20.6 Å². The average molecular weight is 476 g/mol. The number of amides is 1. The number of carbonyl (C=O) groups is 1. The van der Waals surface area contributed by atoms with Gasteiger partial charge < -0.3 is 4.74 Å². The summed E-state index contributed by atoms with van der Waals surface area (Å²) in [6.07, 6.45) is 0.986. The fourth-order valence-electron chi connectivity index (χ4n) is 3.18. The molecular formula is C18H14BrN5O4S. The van der Waals surface area contributed by atoms with Crippen LogP contribution in [0.25, 0.3) is 5.70 Å². The number of hydrazone groups is 1. The van der Waals surface area contributed by atoms with Crippen LogP contribution in [0.2, 0.25) is 0 Å². The second-order valence-electron chi connectivity index (χ2n) is 6.10. The zero-order chi connectivity index (χ0) is 20.7. The number of ether oxygens (including phenoxy) is 1. The highest BCUT2D eigenvalue weighted by molar-refractivity contribution is 9.10. The first kappa shape index (κ1) is 19.4. The Morgan fingerprint density at radius 1 is 1.31 bits per heavy atom. The number of methoxy groups -OCH3 is 1. The van der Waals surface area contributed by atoms with E-state index < -0.39 is 11.1 Å². The van der Waals surface area contributed by atoms with Gasteiger partial charge in [0.15, 0.2) is 11.3 Å². The van der Waals surface area contributed by atoms with Crippen LogP contribution in [0.15, 0.2) is 51.0 Å². The standard InChI is InChI=1S/C18H14BrN5O4S/c1-28-14-6-4-10(24(26)27)8-12(14)16-20-13-5-3-9(19)7-11(13)15-17(25)21-18(29-2)22-23(15)16/h3-8,16H,1-2H3,(H,21,22,25)/t16-/m1/s1. The molecule has 0 saturated heterocycles. The minimum Gasteiger partial charge on any atom is -0.496 e. The summed E-state index contributed by atoms with van der Waals surface area (Å²) in [7, 11) is 1.47. The first-order valence-electron chi connectivity index (χ1n) is 8.36. The van der Waals surface area contributed by atoms with E-state index in [0.29, 0.717) is 32.8 Å². The van der Waals surface area contributed by atoms with Crippen molar-refractivity contribution in [2.45, 2.75) is 6.17 Å². The van der Waals surface area contributed by atoms with Crippen LogP contribution in [-0.2, 0) is 4.79 Å². The Kier molecular flexibility index (Phi) is 5.01. The van der Waals surface area contributed by atoms with Gasteiger partial charge in [0.1, 0.15) is 11.4 Å². The maximum atomic E-state index is 12.9. The van der Waals surface area contributed by atoms with E-state index in [-0.39, 0.29) is 11.6 Å². The summed E-state index contributed by atoms with van der Waals surface area (Å²) in [4.78, 5) is 28.5. The van der Waals surface area contributed by atoms with E-state index in [0.717, 1.165) is 4.47 Å². The van der Waals surface area contributed by atoms with Crippen LogP contribution in [0.4, 0.5) is 5.69 Å². The van der Waals surface area contributed by atoms with Crippen molar-refractivity contribution in [3.63, 3.8) is 0 Å². The smallest absolute Gasteiger partial charge is 0.276 e. The van der Waals surface area contributed by atoms with Gasteiger partial charge in [-0.2, -0.15) is 0 Å². The lowest BCUT2D eigenvalue weighted by Crippen LogP contribution is -2.50. The Labute approximate surface area is 177 Å². The molecule has 0 aliphatic carbocycles. The average Bonchev–Trinajstić information content (AvgIpc) is 2.72. The van der Waals surface area contributed by atoms with Crippen LogP contribution >= 0.6 is 27.7 Å². The lowest BCUT2D eigenvalue weighted by atomic mass is 10.1. The highest BCUT2D eigenvalue weighted by atomic mass is 79.9. The first-order valence-corrected chi connectivity index (χ1v) is 10.4. The number of halogens is 1. The molecule has 2 heterocycles. The maximum Gasteiger partial charge on any atom is 0.276 e. The maximum absolute atomic E-state index is 12.9. The van der Waals surface area contributed by atoms with Crippen LogP contribution in [-0.4, -0.2) is 34.4 Å². The van der Waals surface area contributed by atoms with Crippen LogP contribution in [0, 0.1) is 10.1 Å². The lowest BCUT2D eigenvalue weighted by molar-refractivity contribution is -0.385. The van der Waals surface area contributed by atoms with E-state index >= 15 is 0 Å². The van der Waals surface area contributed by atoms with E-state index in [1.165, 1.54) is 42.1 Å². The SMILES string of the molecule is COc1ccc([N+](=O)[O-])cc1[C@@H]1N=c2ccc(Br)cc2=C2C(=O)NC(SC)=NN21. The number of nitro groups is 1. The van der Waals surface area contributed by atoms with E-state index in [9.17, 15) is 14.9 Å². The molecule has 4 rings (SSSR count). The minimum absolute atomic E-state index is 0.102. The van der Waals surface area contributed by atoms with Gasteiger partial charge in [-0.05, 0) is 30.5 Å². The van der Waals surface area contributed by atoms with Gasteiger partial charge in [0.05, 0.1) is 17.4 Å². The predicted molar refractivity (Wildman–Crippen MR) is 112 cm³/mol. The number of hydrogen-bond donors (Lipinski definition) is 1. The van der Waals surface area contributed by atoms with E-state index in [2.05, 4.69) is 26.3 Å². The van der Waals surface area contributed by atoms with Gasteiger partial charge in [-0.3, -0.25) is 25.2 Å². The van der Waals surface area contributed by atoms with Gasteiger partial charge in [-0.15, -0.1) is 5.10 Å². The van der Waals surface area contributed by atoms with Gasteiger partial charge in [-0.1, -0.05) is 27.7 Å². The van der Waals surface area contributed by atoms with Crippen LogP contribution in [0.3, 0.4) is 0 Å². The summed E-state index contributed by atoms with van der Waals surface area (Å²) >= 11 is 4.70. The summed E-state index contributed by atoms with van der Waals surface area (Å²) in [6.45, 7) is 0. The molecule has 2 aliphatic heterocycles. The number of hydrogen-bond acceptors (Lipinski definition) is 8. The quantitative estimate of drug-likeness (QED) is 0.535. The van der Waals surface area contributed by atoms with Crippen molar-refractivity contribution in [1.29, 1.82) is 0 Å². The normalized spacial score (nSPS) is 17.6. The number of nitrogens with one attached hydrogen (secondary N) is 1. The summed E-state index contributed by atoms with van der Waals surface area (Å²) in [6, 6.07) is 9.67. The number of fused-ring (bicyclic) bond motifs is 2. The fourth-order valence-corrected chi connectivity index (χ4v) is 3.91. The lowest BCUT2D eigenvalue weighted by Gasteiger charge is -2.34. The first-order chi connectivity index (χ1) is 13.9. The molecule has 0 saturated carbocycles. The van der Waals surface area contributed by atoms with Crippen LogP contribution in [0.1, 0.15) is 11.7 Å². The summed E-state index contributed by atoms with van der Waals surface area (Å²) < 4.78 is 6.21.